The van der Waals surface area contributed by atoms with Gasteiger partial charge in [-0.05, 0) is 18.2 Å². The van der Waals surface area contributed by atoms with E-state index in [0.29, 0.717) is 47.4 Å². The molecule has 10 heteroatoms. The van der Waals surface area contributed by atoms with Gasteiger partial charge in [0.15, 0.2) is 0 Å². The molecule has 1 fully saturated rings. The van der Waals surface area contributed by atoms with Gasteiger partial charge in [-0.25, -0.2) is 4.98 Å². The summed E-state index contributed by atoms with van der Waals surface area (Å²) in [4.78, 5) is 22.6. The topological polar surface area (TPSA) is 98.9 Å². The molecule has 1 aromatic carbocycles. The molecule has 3 aromatic heterocycles. The highest BCUT2D eigenvalue weighted by molar-refractivity contribution is 6.33. The fourth-order valence-electron chi connectivity index (χ4n) is 4.04. The number of benzene rings is 1. The summed E-state index contributed by atoms with van der Waals surface area (Å²) in [5.41, 5.74) is 3.22. The van der Waals surface area contributed by atoms with Crippen molar-refractivity contribution in [1.29, 1.82) is 0 Å². The fraction of sp³-hybridized carbons (Fsp3) is 0.304. The molecule has 33 heavy (non-hydrogen) atoms. The Kier molecular flexibility index (Phi) is 5.84. The lowest BCUT2D eigenvalue weighted by Crippen LogP contribution is -2.42. The summed E-state index contributed by atoms with van der Waals surface area (Å²) in [5, 5.41) is 11.9. The first-order valence-corrected chi connectivity index (χ1v) is 11.1. The van der Waals surface area contributed by atoms with E-state index in [2.05, 4.69) is 25.7 Å². The molecule has 2 N–H and O–H groups in total. The molecule has 1 saturated heterocycles. The van der Waals surface area contributed by atoms with Crippen LogP contribution in [0.2, 0.25) is 5.02 Å². The lowest BCUT2D eigenvalue weighted by atomic mass is 10.0. The molecule has 9 nitrogen and oxygen atoms in total. The highest BCUT2D eigenvalue weighted by Gasteiger charge is 2.20. The van der Waals surface area contributed by atoms with E-state index in [4.69, 9.17) is 16.3 Å². The minimum absolute atomic E-state index is 0.134. The molecular weight excluding hydrogens is 442 g/mol. The molecule has 0 unspecified atom stereocenters. The number of ether oxygens (including phenoxy) is 1. The molecule has 4 aromatic rings. The number of nitrogens with zero attached hydrogens (tertiary/aromatic N) is 5. The monoisotopic (exact) mass is 465 g/mol. The lowest BCUT2D eigenvalue weighted by Gasteiger charge is -2.25. The van der Waals surface area contributed by atoms with Crippen LogP contribution < -0.4 is 16.2 Å². The van der Waals surface area contributed by atoms with E-state index in [0.717, 1.165) is 23.2 Å². The summed E-state index contributed by atoms with van der Waals surface area (Å²) in [5.74, 6) is 0.448. The van der Waals surface area contributed by atoms with Crippen LogP contribution in [0.4, 0.5) is 5.95 Å². The van der Waals surface area contributed by atoms with Crippen molar-refractivity contribution in [3.8, 4) is 22.4 Å². The van der Waals surface area contributed by atoms with Crippen LogP contribution in [-0.2, 0) is 18.3 Å². The van der Waals surface area contributed by atoms with Gasteiger partial charge in [-0.1, -0.05) is 23.7 Å². The van der Waals surface area contributed by atoms with Crippen LogP contribution in [0.25, 0.3) is 33.4 Å². The summed E-state index contributed by atoms with van der Waals surface area (Å²) in [6, 6.07) is 9.34. The second-order valence-corrected chi connectivity index (χ2v) is 8.37. The van der Waals surface area contributed by atoms with E-state index < -0.39 is 0 Å². The smallest absolute Gasteiger partial charge is 0.260 e. The lowest BCUT2D eigenvalue weighted by molar-refractivity contribution is 0.0183. The molecule has 5 rings (SSSR count). The van der Waals surface area contributed by atoms with Crippen molar-refractivity contribution in [2.24, 2.45) is 7.05 Å². The standard InChI is InChI=1S/C23H24ClN7O2/c1-25-23-27-11-15-9-18(17-4-3-14(10-19(17)24)20-5-7-30(2)29-20)22(32)31(21(15)28-23)13-16-12-26-6-8-33-16/h3-5,7,9-11,16,26H,6,8,12-13H2,1-2H3,(H,25,27,28)/t16-/m1/s1. The van der Waals surface area contributed by atoms with Gasteiger partial charge in [0.1, 0.15) is 5.65 Å². The first kappa shape index (κ1) is 21.6. The van der Waals surface area contributed by atoms with Gasteiger partial charge >= 0.3 is 0 Å². The SMILES string of the molecule is CNc1ncc2cc(-c3ccc(-c4ccn(C)n4)cc3Cl)c(=O)n(C[C@H]3CNCCO3)c2n1. The zero-order chi connectivity index (χ0) is 22.9. The Balaban J connectivity index is 1.63. The van der Waals surface area contributed by atoms with Crippen LogP contribution in [0.3, 0.4) is 0 Å². The van der Waals surface area contributed by atoms with Crippen LogP contribution in [-0.4, -0.2) is 57.2 Å². The first-order valence-electron chi connectivity index (χ1n) is 10.7. The van der Waals surface area contributed by atoms with Crippen molar-refractivity contribution in [1.82, 2.24) is 29.6 Å². The Morgan fingerprint density at radius 2 is 2.15 bits per heavy atom. The number of aryl methyl sites for hydroxylation is 1. The maximum absolute atomic E-state index is 13.7. The molecule has 1 aliphatic heterocycles. The predicted octanol–water partition coefficient (Wildman–Crippen LogP) is 2.54. The molecule has 0 amide bonds. The summed E-state index contributed by atoms with van der Waals surface area (Å²) >= 11 is 6.68. The number of morpholine rings is 1. The minimum atomic E-state index is -0.176. The number of hydrogen-bond acceptors (Lipinski definition) is 7. The Morgan fingerprint density at radius 1 is 1.27 bits per heavy atom. The number of hydrogen-bond donors (Lipinski definition) is 2. The summed E-state index contributed by atoms with van der Waals surface area (Å²) < 4.78 is 9.26. The van der Waals surface area contributed by atoms with Crippen molar-refractivity contribution in [2.45, 2.75) is 12.6 Å². The van der Waals surface area contributed by atoms with E-state index >= 15 is 0 Å². The second-order valence-electron chi connectivity index (χ2n) is 7.96. The molecule has 0 bridgehead atoms. The van der Waals surface area contributed by atoms with Gasteiger partial charge in [0.2, 0.25) is 5.95 Å². The van der Waals surface area contributed by atoms with E-state index in [1.165, 1.54) is 0 Å². The van der Waals surface area contributed by atoms with E-state index in [9.17, 15) is 4.79 Å². The zero-order valence-corrected chi connectivity index (χ0v) is 19.1. The Hall–Kier alpha value is -3.27. The maximum Gasteiger partial charge on any atom is 0.260 e. The predicted molar refractivity (Wildman–Crippen MR) is 129 cm³/mol. The number of rotatable bonds is 5. The van der Waals surface area contributed by atoms with E-state index in [-0.39, 0.29) is 11.7 Å². The highest BCUT2D eigenvalue weighted by Crippen LogP contribution is 2.31. The summed E-state index contributed by atoms with van der Waals surface area (Å²) in [7, 11) is 3.61. The van der Waals surface area contributed by atoms with Crippen molar-refractivity contribution in [3.05, 3.63) is 58.1 Å². The zero-order valence-electron chi connectivity index (χ0n) is 18.4. The Labute approximate surface area is 195 Å². The van der Waals surface area contributed by atoms with Crippen molar-refractivity contribution in [3.63, 3.8) is 0 Å². The van der Waals surface area contributed by atoms with Crippen LogP contribution in [0.15, 0.2) is 47.5 Å². The Morgan fingerprint density at radius 3 is 2.85 bits per heavy atom. The number of halogens is 1. The number of nitrogens with one attached hydrogen (secondary N) is 2. The van der Waals surface area contributed by atoms with Gasteiger partial charge in [-0.3, -0.25) is 14.0 Å². The summed E-state index contributed by atoms with van der Waals surface area (Å²) in [6.07, 6.45) is 3.45. The average Bonchev–Trinajstić information content (AvgIpc) is 3.27. The number of anilines is 1. The van der Waals surface area contributed by atoms with Gasteiger partial charge < -0.3 is 15.4 Å². The quantitative estimate of drug-likeness (QED) is 0.467. The molecular formula is C23H24ClN7O2. The molecule has 170 valence electrons. The Bertz CT molecular complexity index is 1380. The first-order chi connectivity index (χ1) is 16.0. The van der Waals surface area contributed by atoms with Crippen LogP contribution in [0.1, 0.15) is 0 Å². The fourth-order valence-corrected chi connectivity index (χ4v) is 4.33. The number of pyridine rings is 1. The van der Waals surface area contributed by atoms with Gasteiger partial charge in [0, 0.05) is 66.7 Å². The molecule has 1 atom stereocenters. The van der Waals surface area contributed by atoms with E-state index in [1.54, 1.807) is 28.6 Å². The third-order valence-electron chi connectivity index (χ3n) is 5.71. The third-order valence-corrected chi connectivity index (χ3v) is 6.02. The molecule has 1 aliphatic rings. The average molecular weight is 466 g/mol. The van der Waals surface area contributed by atoms with Crippen LogP contribution >= 0.6 is 11.6 Å². The van der Waals surface area contributed by atoms with E-state index in [1.807, 2.05) is 37.5 Å². The van der Waals surface area contributed by atoms with Crippen LogP contribution in [0.5, 0.6) is 0 Å². The molecule has 0 radical (unpaired) electrons. The normalized spacial score (nSPS) is 16.3. The van der Waals surface area contributed by atoms with Crippen molar-refractivity contribution < 1.29 is 4.74 Å². The molecule has 0 saturated carbocycles. The van der Waals surface area contributed by atoms with Crippen molar-refractivity contribution in [2.75, 3.05) is 32.1 Å². The summed E-state index contributed by atoms with van der Waals surface area (Å²) in [6.45, 7) is 2.45. The maximum atomic E-state index is 13.7. The van der Waals surface area contributed by atoms with Crippen LogP contribution in [0, 0.1) is 0 Å². The number of aromatic nitrogens is 5. The molecule has 0 aliphatic carbocycles. The van der Waals surface area contributed by atoms with Gasteiger partial charge in [0.05, 0.1) is 24.9 Å². The largest absolute Gasteiger partial charge is 0.374 e. The van der Waals surface area contributed by atoms with Crippen molar-refractivity contribution >= 4 is 28.6 Å². The van der Waals surface area contributed by atoms with Gasteiger partial charge in [-0.2, -0.15) is 10.1 Å². The van der Waals surface area contributed by atoms with Gasteiger partial charge in [0.25, 0.3) is 5.56 Å². The third kappa shape index (κ3) is 4.22. The minimum Gasteiger partial charge on any atom is -0.374 e. The molecule has 0 spiro atoms. The van der Waals surface area contributed by atoms with Gasteiger partial charge in [-0.15, -0.1) is 0 Å². The highest BCUT2D eigenvalue weighted by atomic mass is 35.5. The number of fused-ring (bicyclic) bond motifs is 1. The second kappa shape index (κ2) is 8.93. The molecule has 4 heterocycles.